The molecule has 1 atom stereocenters. The van der Waals surface area contributed by atoms with Crippen LogP contribution >= 0.6 is 0 Å². The van der Waals surface area contributed by atoms with E-state index in [9.17, 15) is 0 Å². The summed E-state index contributed by atoms with van der Waals surface area (Å²) in [6.07, 6.45) is 12.6. The molecule has 0 aliphatic rings. The van der Waals surface area contributed by atoms with Crippen LogP contribution in [0, 0.1) is 17.3 Å². The second-order valence-corrected chi connectivity index (χ2v) is 6.52. The highest BCUT2D eigenvalue weighted by Gasteiger charge is 2.25. The summed E-state index contributed by atoms with van der Waals surface area (Å²) in [6.45, 7) is 14.3. The van der Waals surface area contributed by atoms with Gasteiger partial charge in [0.15, 0.2) is 0 Å². The van der Waals surface area contributed by atoms with Gasteiger partial charge in [-0.15, -0.1) is 0 Å². The second kappa shape index (κ2) is 9.87. The molecule has 0 aliphatic heterocycles. The minimum absolute atomic E-state index is 0.650. The molecule has 18 heavy (non-hydrogen) atoms. The zero-order valence-electron chi connectivity index (χ0n) is 14.0. The fourth-order valence-corrected chi connectivity index (χ4v) is 3.47. The van der Waals surface area contributed by atoms with Gasteiger partial charge in [-0.2, -0.15) is 0 Å². The highest BCUT2D eigenvalue weighted by molar-refractivity contribution is 4.77. The van der Waals surface area contributed by atoms with Crippen molar-refractivity contribution in [2.75, 3.05) is 0 Å². The number of hydrogen-bond donors (Lipinski definition) is 0. The lowest BCUT2D eigenvalue weighted by Gasteiger charge is -2.33. The van der Waals surface area contributed by atoms with Crippen molar-refractivity contribution in [2.45, 2.75) is 99.3 Å². The van der Waals surface area contributed by atoms with Crippen molar-refractivity contribution in [2.24, 2.45) is 17.3 Å². The van der Waals surface area contributed by atoms with E-state index in [4.69, 9.17) is 0 Å². The number of rotatable bonds is 11. The van der Waals surface area contributed by atoms with Crippen molar-refractivity contribution in [1.82, 2.24) is 0 Å². The molecule has 0 fully saturated rings. The van der Waals surface area contributed by atoms with Gasteiger partial charge in [0.05, 0.1) is 0 Å². The van der Waals surface area contributed by atoms with Crippen LogP contribution in [0.25, 0.3) is 0 Å². The van der Waals surface area contributed by atoms with Crippen LogP contribution in [0.4, 0.5) is 0 Å². The Hall–Kier alpha value is 0. The van der Waals surface area contributed by atoms with Crippen molar-refractivity contribution in [3.63, 3.8) is 0 Å². The van der Waals surface area contributed by atoms with Gasteiger partial charge in [0.2, 0.25) is 0 Å². The molecule has 0 N–H and O–H groups in total. The molecule has 0 amide bonds. The third-order valence-electron chi connectivity index (χ3n) is 5.34. The summed E-state index contributed by atoms with van der Waals surface area (Å²) in [4.78, 5) is 0. The van der Waals surface area contributed by atoms with Crippen LogP contribution < -0.4 is 0 Å². The summed E-state index contributed by atoms with van der Waals surface area (Å²) in [5.41, 5.74) is 0.650. The normalized spacial score (nSPS) is 14.2. The van der Waals surface area contributed by atoms with Gasteiger partial charge in [0, 0.05) is 0 Å². The molecular formula is C18H38. The van der Waals surface area contributed by atoms with E-state index in [2.05, 4.69) is 41.5 Å². The van der Waals surface area contributed by atoms with Gasteiger partial charge in [-0.1, -0.05) is 80.1 Å². The Morgan fingerprint density at radius 1 is 0.833 bits per heavy atom. The summed E-state index contributed by atoms with van der Waals surface area (Å²) >= 11 is 0. The largest absolute Gasteiger partial charge is 0.0654 e. The van der Waals surface area contributed by atoms with Gasteiger partial charge >= 0.3 is 0 Å². The molecule has 110 valence electrons. The highest BCUT2D eigenvalue weighted by atomic mass is 14.3. The Bertz CT molecular complexity index is 174. The van der Waals surface area contributed by atoms with E-state index in [0.717, 1.165) is 11.8 Å². The van der Waals surface area contributed by atoms with Crippen molar-refractivity contribution >= 4 is 0 Å². The van der Waals surface area contributed by atoms with Crippen LogP contribution in [-0.2, 0) is 0 Å². The molecule has 0 nitrogen and oxygen atoms in total. The van der Waals surface area contributed by atoms with E-state index in [1.807, 2.05) is 0 Å². The van der Waals surface area contributed by atoms with E-state index in [1.54, 1.807) is 0 Å². The smallest absolute Gasteiger partial charge is 0.0303 e. The first-order valence-electron chi connectivity index (χ1n) is 8.57. The summed E-state index contributed by atoms with van der Waals surface area (Å²) in [5.74, 6) is 1.88. The van der Waals surface area contributed by atoms with Gasteiger partial charge in [-0.05, 0) is 36.5 Å². The van der Waals surface area contributed by atoms with E-state index >= 15 is 0 Å². The van der Waals surface area contributed by atoms with Gasteiger partial charge < -0.3 is 0 Å². The Labute approximate surface area is 117 Å². The van der Waals surface area contributed by atoms with E-state index in [-0.39, 0.29) is 0 Å². The van der Waals surface area contributed by atoms with Crippen molar-refractivity contribution in [3.05, 3.63) is 0 Å². The predicted molar refractivity (Wildman–Crippen MR) is 85.0 cm³/mol. The van der Waals surface area contributed by atoms with E-state index in [1.165, 1.54) is 57.8 Å². The summed E-state index contributed by atoms with van der Waals surface area (Å²) < 4.78 is 0. The Morgan fingerprint density at radius 2 is 1.39 bits per heavy atom. The maximum atomic E-state index is 2.47. The quantitative estimate of drug-likeness (QED) is 0.379. The topological polar surface area (TPSA) is 0 Å². The van der Waals surface area contributed by atoms with Crippen molar-refractivity contribution in [1.29, 1.82) is 0 Å². The fraction of sp³-hybridized carbons (Fsp3) is 1.00. The molecule has 0 aromatic rings. The maximum Gasteiger partial charge on any atom is -0.0303 e. The third-order valence-corrected chi connectivity index (χ3v) is 5.34. The van der Waals surface area contributed by atoms with Crippen LogP contribution in [0.3, 0.4) is 0 Å². The Balaban J connectivity index is 4.17. The lowest BCUT2D eigenvalue weighted by Crippen LogP contribution is -2.20. The van der Waals surface area contributed by atoms with Crippen molar-refractivity contribution in [3.8, 4) is 0 Å². The van der Waals surface area contributed by atoms with Crippen LogP contribution in [0.5, 0.6) is 0 Å². The first kappa shape index (κ1) is 18.0. The molecule has 0 heteroatoms. The highest BCUT2D eigenvalue weighted by Crippen LogP contribution is 2.38. The second-order valence-electron chi connectivity index (χ2n) is 6.52. The zero-order chi connectivity index (χ0) is 14.0. The standard InChI is InChI=1S/C18H38/c1-7-13-18(10-4,11-5)14-12-16(6)15-17(8-2)9-3/h16-17H,7-15H2,1-6H3. The molecule has 0 saturated heterocycles. The minimum atomic E-state index is 0.650. The first-order chi connectivity index (χ1) is 8.57. The lowest BCUT2D eigenvalue weighted by atomic mass is 9.73. The molecule has 0 bridgehead atoms. The Kier molecular flexibility index (Phi) is 9.87. The number of hydrogen-bond acceptors (Lipinski definition) is 0. The van der Waals surface area contributed by atoms with Crippen molar-refractivity contribution < 1.29 is 0 Å². The van der Waals surface area contributed by atoms with Crippen LogP contribution in [0.1, 0.15) is 99.3 Å². The molecule has 0 radical (unpaired) electrons. The molecular weight excluding hydrogens is 216 g/mol. The SMILES string of the molecule is CCCC(CC)(CC)CCC(C)CC(CC)CC. The fourth-order valence-electron chi connectivity index (χ4n) is 3.47. The average Bonchev–Trinajstić information content (AvgIpc) is 2.41. The Morgan fingerprint density at radius 3 is 1.78 bits per heavy atom. The zero-order valence-corrected chi connectivity index (χ0v) is 14.0. The molecule has 0 saturated carbocycles. The van der Waals surface area contributed by atoms with Gasteiger partial charge in [-0.25, -0.2) is 0 Å². The summed E-state index contributed by atoms with van der Waals surface area (Å²) in [6, 6.07) is 0. The summed E-state index contributed by atoms with van der Waals surface area (Å²) in [7, 11) is 0. The van der Waals surface area contributed by atoms with Gasteiger partial charge in [0.1, 0.15) is 0 Å². The van der Waals surface area contributed by atoms with E-state index < -0.39 is 0 Å². The molecule has 0 aromatic carbocycles. The lowest BCUT2D eigenvalue weighted by molar-refractivity contribution is 0.191. The first-order valence-corrected chi connectivity index (χ1v) is 8.57. The molecule has 0 rings (SSSR count). The third kappa shape index (κ3) is 6.25. The van der Waals surface area contributed by atoms with Gasteiger partial charge in [-0.3, -0.25) is 0 Å². The van der Waals surface area contributed by atoms with Crippen LogP contribution in [0.2, 0.25) is 0 Å². The average molecular weight is 255 g/mol. The molecule has 0 heterocycles. The monoisotopic (exact) mass is 254 g/mol. The van der Waals surface area contributed by atoms with Crippen LogP contribution in [-0.4, -0.2) is 0 Å². The maximum absolute atomic E-state index is 2.47. The minimum Gasteiger partial charge on any atom is -0.0654 e. The van der Waals surface area contributed by atoms with Gasteiger partial charge in [0.25, 0.3) is 0 Å². The molecule has 1 unspecified atom stereocenters. The predicted octanol–water partition coefficient (Wildman–Crippen LogP) is 6.84. The summed E-state index contributed by atoms with van der Waals surface area (Å²) in [5, 5.41) is 0. The van der Waals surface area contributed by atoms with E-state index in [0.29, 0.717) is 5.41 Å². The molecule has 0 aromatic heterocycles. The molecule has 0 spiro atoms. The van der Waals surface area contributed by atoms with Crippen LogP contribution in [0.15, 0.2) is 0 Å². The molecule has 0 aliphatic carbocycles.